The van der Waals surface area contributed by atoms with Crippen molar-refractivity contribution in [3.05, 3.63) is 27.8 Å². The highest BCUT2D eigenvalue weighted by Crippen LogP contribution is 2.25. The highest BCUT2D eigenvalue weighted by molar-refractivity contribution is 8.13. The van der Waals surface area contributed by atoms with E-state index in [0.717, 1.165) is 0 Å². The molecule has 1 rings (SSSR count). The van der Waals surface area contributed by atoms with E-state index in [1.165, 1.54) is 0 Å². The van der Waals surface area contributed by atoms with Crippen LogP contribution in [0.15, 0.2) is 17.2 Å². The van der Waals surface area contributed by atoms with Crippen LogP contribution >= 0.6 is 10.7 Å². The summed E-state index contributed by atoms with van der Waals surface area (Å²) in [5, 5.41) is 9.34. The Morgan fingerprint density at radius 2 is 2.00 bits per heavy atom. The van der Waals surface area contributed by atoms with Crippen molar-refractivity contribution in [2.45, 2.75) is 11.5 Å². The van der Waals surface area contributed by atoms with E-state index in [9.17, 15) is 27.3 Å². The molecule has 0 radical (unpaired) electrons. The van der Waals surface area contributed by atoms with Crippen LogP contribution in [0.25, 0.3) is 0 Å². The minimum atomic E-state index is -4.39. The van der Waals surface area contributed by atoms with Crippen molar-refractivity contribution < 1.29 is 22.1 Å². The van der Waals surface area contributed by atoms with Gasteiger partial charge in [-0.15, -0.1) is 0 Å². The molecular weight excluding hydrogens is 270 g/mol. The Hall–Kier alpha value is -1.35. The summed E-state index contributed by atoms with van der Waals surface area (Å²) in [5.41, 5.74) is -0.832. The molecule has 0 spiro atoms. The van der Waals surface area contributed by atoms with Crippen LogP contribution in [0.1, 0.15) is 12.0 Å². The first-order chi connectivity index (χ1) is 7.21. The summed E-state index contributed by atoms with van der Waals surface area (Å²) >= 11 is 0. The molecule has 0 bridgehead atoms. The van der Waals surface area contributed by atoms with Gasteiger partial charge in [-0.2, -0.15) is 0 Å². The summed E-state index contributed by atoms with van der Waals surface area (Å²) in [6.07, 6.45) is -3.06. The maximum absolute atomic E-state index is 12.3. The minimum Gasteiger partial charge on any atom is -0.358 e. The van der Waals surface area contributed by atoms with Gasteiger partial charge in [-0.3, -0.25) is 0 Å². The largest absolute Gasteiger partial charge is 0.365 e. The molecule has 10 heteroatoms. The molecule has 0 fully saturated rings. The van der Waals surface area contributed by atoms with Crippen LogP contribution in [-0.4, -0.2) is 18.3 Å². The average molecular weight is 273 g/mol. The molecule has 1 aromatic rings. The second kappa shape index (κ2) is 4.26. The topological polar surface area (TPSA) is 90.2 Å². The molecule has 1 heterocycles. The number of hydrogen-bond acceptors (Lipinski definition) is 5. The monoisotopic (exact) mass is 272 g/mol. The lowest BCUT2D eigenvalue weighted by Crippen LogP contribution is -2.02. The van der Waals surface area contributed by atoms with Gasteiger partial charge in [-0.1, -0.05) is 0 Å². The lowest BCUT2D eigenvalue weighted by molar-refractivity contribution is -0.390. The van der Waals surface area contributed by atoms with Crippen molar-refractivity contribution in [2.75, 3.05) is 0 Å². The van der Waals surface area contributed by atoms with Crippen LogP contribution in [-0.2, 0) is 9.05 Å². The maximum Gasteiger partial charge on any atom is 0.365 e. The van der Waals surface area contributed by atoms with Gasteiger partial charge >= 0.3 is 14.9 Å². The number of nitrogens with zero attached hydrogens (tertiary/aromatic N) is 2. The number of halogens is 3. The lowest BCUT2D eigenvalue weighted by atomic mass is 10.3. The summed E-state index contributed by atoms with van der Waals surface area (Å²) in [6.45, 7) is 0. The van der Waals surface area contributed by atoms with Crippen molar-refractivity contribution >= 4 is 25.6 Å². The van der Waals surface area contributed by atoms with Crippen LogP contribution in [0.4, 0.5) is 14.6 Å². The zero-order valence-corrected chi connectivity index (χ0v) is 8.87. The highest BCUT2D eigenvalue weighted by atomic mass is 35.7. The molecule has 0 unspecified atom stereocenters. The fraction of sp³-hybridized carbons (Fsp3) is 0.167. The van der Waals surface area contributed by atoms with Crippen LogP contribution in [0.3, 0.4) is 0 Å². The van der Waals surface area contributed by atoms with Crippen LogP contribution in [0.2, 0.25) is 0 Å². The number of pyridine rings is 1. The molecule has 0 saturated carbocycles. The van der Waals surface area contributed by atoms with Gasteiger partial charge in [-0.05, 0) is 9.91 Å². The Kier molecular flexibility index (Phi) is 3.38. The zero-order chi connectivity index (χ0) is 12.5. The Bertz CT molecular complexity index is 533. The van der Waals surface area contributed by atoms with Crippen LogP contribution in [0.5, 0.6) is 0 Å². The molecule has 0 atom stereocenters. The highest BCUT2D eigenvalue weighted by Gasteiger charge is 2.25. The van der Waals surface area contributed by atoms with Gasteiger partial charge in [-0.25, -0.2) is 17.2 Å². The fourth-order valence-electron chi connectivity index (χ4n) is 0.855. The third-order valence-corrected chi connectivity index (χ3v) is 2.68. The Balaban J connectivity index is 3.48. The van der Waals surface area contributed by atoms with E-state index < -0.39 is 36.8 Å². The van der Waals surface area contributed by atoms with E-state index in [-0.39, 0.29) is 0 Å². The number of alkyl halides is 2. The van der Waals surface area contributed by atoms with Crippen molar-refractivity contribution in [1.29, 1.82) is 0 Å². The Morgan fingerprint density at radius 1 is 1.44 bits per heavy atom. The van der Waals surface area contributed by atoms with Crippen LogP contribution in [0, 0.1) is 10.1 Å². The van der Waals surface area contributed by atoms with E-state index in [2.05, 4.69) is 4.98 Å². The molecule has 0 aromatic carbocycles. The molecule has 0 aliphatic carbocycles. The normalized spacial score (nSPS) is 11.8. The van der Waals surface area contributed by atoms with E-state index in [0.29, 0.717) is 12.1 Å². The molecule has 88 valence electrons. The lowest BCUT2D eigenvalue weighted by Gasteiger charge is -1.99. The quantitative estimate of drug-likeness (QED) is 0.476. The van der Waals surface area contributed by atoms with Gasteiger partial charge in [0.2, 0.25) is 0 Å². The predicted molar refractivity (Wildman–Crippen MR) is 48.9 cm³/mol. The first kappa shape index (κ1) is 12.7. The molecule has 0 amide bonds. The molecule has 6 nitrogen and oxygen atoms in total. The van der Waals surface area contributed by atoms with Crippen molar-refractivity contribution in [3.63, 3.8) is 0 Å². The molecular formula is C6H3ClF2N2O4S. The molecule has 16 heavy (non-hydrogen) atoms. The van der Waals surface area contributed by atoms with Gasteiger partial charge < -0.3 is 10.1 Å². The SMILES string of the molecule is O=[N+]([O-])c1cc(C(F)F)cc(S(=O)(=O)Cl)n1. The number of nitro groups is 1. The van der Waals surface area contributed by atoms with Gasteiger partial charge in [0.05, 0.1) is 0 Å². The van der Waals surface area contributed by atoms with Gasteiger partial charge in [0, 0.05) is 28.4 Å². The average Bonchev–Trinajstić information content (AvgIpc) is 2.15. The number of aromatic nitrogens is 1. The number of rotatable bonds is 3. The molecule has 0 N–H and O–H groups in total. The Labute approximate surface area is 92.4 Å². The van der Waals surface area contributed by atoms with Crippen molar-refractivity contribution in [3.8, 4) is 0 Å². The third kappa shape index (κ3) is 2.83. The summed E-state index contributed by atoms with van der Waals surface area (Å²) < 4.78 is 46.2. The van der Waals surface area contributed by atoms with Gasteiger partial charge in [0.25, 0.3) is 11.5 Å². The second-order valence-corrected chi connectivity index (χ2v) is 5.11. The zero-order valence-electron chi connectivity index (χ0n) is 7.30. The standard InChI is InChI=1S/C6H3ClF2N2O4S/c7-16(14,15)5-2-3(6(8)9)1-4(10-5)11(12)13/h1-2,6H. The van der Waals surface area contributed by atoms with E-state index in [1.807, 2.05) is 0 Å². The summed E-state index contributed by atoms with van der Waals surface area (Å²) in [4.78, 5) is 12.3. The minimum absolute atomic E-state index is 0.482. The maximum atomic E-state index is 12.3. The van der Waals surface area contributed by atoms with E-state index in [1.54, 1.807) is 0 Å². The van der Waals surface area contributed by atoms with Gasteiger partial charge in [0.15, 0.2) is 0 Å². The molecule has 0 aliphatic rings. The molecule has 0 saturated heterocycles. The molecule has 1 aromatic heterocycles. The van der Waals surface area contributed by atoms with E-state index in [4.69, 9.17) is 10.7 Å². The summed E-state index contributed by atoms with van der Waals surface area (Å²) in [7, 11) is 0.463. The van der Waals surface area contributed by atoms with Crippen LogP contribution < -0.4 is 0 Å². The first-order valence-corrected chi connectivity index (χ1v) is 5.92. The fourth-order valence-corrected chi connectivity index (χ4v) is 1.57. The summed E-state index contributed by atoms with van der Waals surface area (Å²) in [5.74, 6) is -1.00. The van der Waals surface area contributed by atoms with Crippen molar-refractivity contribution in [2.24, 2.45) is 0 Å². The predicted octanol–water partition coefficient (Wildman–Crippen LogP) is 1.85. The second-order valence-electron chi connectivity index (χ2n) is 2.59. The Morgan fingerprint density at radius 3 is 2.38 bits per heavy atom. The number of hydrogen-bond donors (Lipinski definition) is 0. The van der Waals surface area contributed by atoms with Crippen molar-refractivity contribution in [1.82, 2.24) is 4.98 Å². The smallest absolute Gasteiger partial charge is 0.358 e. The van der Waals surface area contributed by atoms with E-state index >= 15 is 0 Å². The molecule has 0 aliphatic heterocycles. The van der Waals surface area contributed by atoms with Gasteiger partial charge in [0.1, 0.15) is 0 Å². The summed E-state index contributed by atoms with van der Waals surface area (Å²) in [6, 6.07) is 0.968. The first-order valence-electron chi connectivity index (χ1n) is 3.61. The third-order valence-electron chi connectivity index (χ3n) is 1.50.